The van der Waals surface area contributed by atoms with Crippen LogP contribution in [-0.2, 0) is 6.42 Å². The van der Waals surface area contributed by atoms with E-state index in [1.807, 2.05) is 6.92 Å². The molecule has 3 nitrogen and oxygen atoms in total. The number of nitrogens with zero attached hydrogens (tertiary/aromatic N) is 1. The molecule has 0 aliphatic heterocycles. The average Bonchev–Trinajstić information content (AvgIpc) is 3.04. The van der Waals surface area contributed by atoms with Crippen LogP contribution in [0.25, 0.3) is 11.3 Å². The molecule has 0 spiro atoms. The van der Waals surface area contributed by atoms with Gasteiger partial charge in [0, 0.05) is 17.5 Å². The van der Waals surface area contributed by atoms with E-state index in [-0.39, 0.29) is 10.9 Å². The van der Waals surface area contributed by atoms with Crippen LogP contribution in [0, 0.1) is 6.92 Å². The van der Waals surface area contributed by atoms with Gasteiger partial charge in [-0.15, -0.1) is 11.3 Å². The van der Waals surface area contributed by atoms with Crippen molar-refractivity contribution in [2.45, 2.75) is 13.3 Å². The molecule has 0 bridgehead atoms. The third-order valence-electron chi connectivity index (χ3n) is 3.76. The maximum Gasteiger partial charge on any atom is 0.252 e. The molecule has 1 aromatic heterocycles. The van der Waals surface area contributed by atoms with E-state index in [4.69, 9.17) is 23.2 Å². The van der Waals surface area contributed by atoms with Crippen LogP contribution in [0.4, 0.5) is 0 Å². The standard InChI is InChI=1S/C19H16Cl2N2OS/c1-12-23-17(11-25-12)14-7-5-13(6-8-14)9-10-22-19(24)15-3-2-4-16(20)18(15)21/h2-8,11H,9-10H2,1H3,(H,22,24). The fraction of sp³-hybridized carbons (Fsp3) is 0.158. The van der Waals surface area contributed by atoms with Crippen molar-refractivity contribution < 1.29 is 4.79 Å². The molecule has 3 aromatic rings. The minimum Gasteiger partial charge on any atom is -0.352 e. The van der Waals surface area contributed by atoms with Gasteiger partial charge < -0.3 is 5.32 Å². The first-order valence-corrected chi connectivity index (χ1v) is 9.42. The zero-order valence-corrected chi connectivity index (χ0v) is 15.9. The molecule has 1 heterocycles. The van der Waals surface area contributed by atoms with E-state index in [9.17, 15) is 4.79 Å². The second-order valence-electron chi connectivity index (χ2n) is 5.56. The number of benzene rings is 2. The van der Waals surface area contributed by atoms with Crippen LogP contribution < -0.4 is 5.32 Å². The lowest BCUT2D eigenvalue weighted by Crippen LogP contribution is -2.26. The first-order chi connectivity index (χ1) is 12.0. The Morgan fingerprint density at radius 2 is 1.92 bits per heavy atom. The first kappa shape index (κ1) is 17.9. The number of hydrogen-bond donors (Lipinski definition) is 1. The Morgan fingerprint density at radius 3 is 2.60 bits per heavy atom. The Labute approximate surface area is 160 Å². The molecule has 0 unspecified atom stereocenters. The zero-order valence-electron chi connectivity index (χ0n) is 13.6. The summed E-state index contributed by atoms with van der Waals surface area (Å²) in [5.74, 6) is -0.220. The molecule has 3 rings (SSSR count). The lowest BCUT2D eigenvalue weighted by molar-refractivity contribution is 0.0954. The van der Waals surface area contributed by atoms with Crippen molar-refractivity contribution in [2.75, 3.05) is 6.54 Å². The molecule has 0 saturated carbocycles. The van der Waals surface area contributed by atoms with Crippen LogP contribution in [-0.4, -0.2) is 17.4 Å². The maximum absolute atomic E-state index is 12.2. The van der Waals surface area contributed by atoms with Crippen molar-refractivity contribution in [3.05, 3.63) is 74.0 Å². The topological polar surface area (TPSA) is 42.0 Å². The van der Waals surface area contributed by atoms with Gasteiger partial charge >= 0.3 is 0 Å². The summed E-state index contributed by atoms with van der Waals surface area (Å²) in [5, 5.41) is 6.64. The minimum absolute atomic E-state index is 0.220. The van der Waals surface area contributed by atoms with Gasteiger partial charge in [-0.05, 0) is 31.0 Å². The average molecular weight is 391 g/mol. The van der Waals surface area contributed by atoms with Gasteiger partial charge in [0.2, 0.25) is 0 Å². The van der Waals surface area contributed by atoms with E-state index in [0.29, 0.717) is 17.1 Å². The van der Waals surface area contributed by atoms with Gasteiger partial charge in [0.05, 0.1) is 26.3 Å². The Bertz CT molecular complexity index is 891. The van der Waals surface area contributed by atoms with E-state index in [2.05, 4.69) is 39.9 Å². The molecule has 0 aliphatic rings. The summed E-state index contributed by atoms with van der Waals surface area (Å²) in [6.07, 6.45) is 0.736. The van der Waals surface area contributed by atoms with Crippen molar-refractivity contribution >= 4 is 40.4 Å². The highest BCUT2D eigenvalue weighted by Gasteiger charge is 2.12. The third kappa shape index (κ3) is 4.40. The van der Waals surface area contributed by atoms with Gasteiger partial charge in [-0.25, -0.2) is 4.98 Å². The molecule has 0 fully saturated rings. The molecule has 6 heteroatoms. The normalized spacial score (nSPS) is 10.7. The van der Waals surface area contributed by atoms with Gasteiger partial charge in [-0.1, -0.05) is 53.5 Å². The van der Waals surface area contributed by atoms with Crippen LogP contribution in [0.3, 0.4) is 0 Å². The van der Waals surface area contributed by atoms with Crippen molar-refractivity contribution in [2.24, 2.45) is 0 Å². The number of aryl methyl sites for hydroxylation is 1. The number of carbonyl (C=O) groups excluding carboxylic acids is 1. The first-order valence-electron chi connectivity index (χ1n) is 7.78. The predicted octanol–water partition coefficient (Wildman–Crippen LogP) is 5.40. The van der Waals surface area contributed by atoms with Crippen molar-refractivity contribution in [3.63, 3.8) is 0 Å². The fourth-order valence-electron chi connectivity index (χ4n) is 2.43. The number of halogens is 2. The highest BCUT2D eigenvalue weighted by Crippen LogP contribution is 2.25. The third-order valence-corrected chi connectivity index (χ3v) is 5.36. The SMILES string of the molecule is Cc1nc(-c2ccc(CCNC(=O)c3cccc(Cl)c3Cl)cc2)cs1. The molecule has 0 saturated heterocycles. The van der Waals surface area contributed by atoms with Gasteiger partial charge in [-0.3, -0.25) is 4.79 Å². The lowest BCUT2D eigenvalue weighted by atomic mass is 10.1. The number of rotatable bonds is 5. The molecule has 0 atom stereocenters. The summed E-state index contributed by atoms with van der Waals surface area (Å²) in [6.45, 7) is 2.52. The monoisotopic (exact) mass is 390 g/mol. The predicted molar refractivity (Wildman–Crippen MR) is 105 cm³/mol. The molecular formula is C19H16Cl2N2OS. The number of hydrogen-bond acceptors (Lipinski definition) is 3. The fourth-order valence-corrected chi connectivity index (χ4v) is 3.44. The van der Waals surface area contributed by atoms with Gasteiger partial charge in [0.1, 0.15) is 0 Å². The second-order valence-corrected chi connectivity index (χ2v) is 7.40. The van der Waals surface area contributed by atoms with Gasteiger partial charge in [-0.2, -0.15) is 0 Å². The molecule has 0 aliphatic carbocycles. The van der Waals surface area contributed by atoms with Gasteiger partial charge in [0.15, 0.2) is 0 Å². The summed E-state index contributed by atoms with van der Waals surface area (Å²) in [4.78, 5) is 16.7. The highest BCUT2D eigenvalue weighted by molar-refractivity contribution is 7.09. The number of carbonyl (C=O) groups is 1. The number of thiazole rings is 1. The van der Waals surface area contributed by atoms with E-state index in [0.717, 1.165) is 28.2 Å². The highest BCUT2D eigenvalue weighted by atomic mass is 35.5. The lowest BCUT2D eigenvalue weighted by Gasteiger charge is -2.08. The smallest absolute Gasteiger partial charge is 0.252 e. The van der Waals surface area contributed by atoms with E-state index < -0.39 is 0 Å². The summed E-state index contributed by atoms with van der Waals surface area (Å²) in [5.41, 5.74) is 3.64. The van der Waals surface area contributed by atoms with E-state index in [1.54, 1.807) is 29.5 Å². The van der Waals surface area contributed by atoms with Crippen molar-refractivity contribution in [1.82, 2.24) is 10.3 Å². The minimum atomic E-state index is -0.220. The van der Waals surface area contributed by atoms with Crippen LogP contribution >= 0.6 is 34.5 Å². The Hall–Kier alpha value is -1.88. The van der Waals surface area contributed by atoms with Crippen LogP contribution in [0.1, 0.15) is 20.9 Å². The van der Waals surface area contributed by atoms with E-state index >= 15 is 0 Å². The molecule has 0 radical (unpaired) electrons. The second kappa shape index (κ2) is 8.00. The van der Waals surface area contributed by atoms with Crippen LogP contribution in [0.5, 0.6) is 0 Å². The quantitative estimate of drug-likeness (QED) is 0.633. The largest absolute Gasteiger partial charge is 0.352 e. The van der Waals surface area contributed by atoms with Crippen molar-refractivity contribution in [3.8, 4) is 11.3 Å². The van der Waals surface area contributed by atoms with Crippen LogP contribution in [0.2, 0.25) is 10.0 Å². The number of aromatic nitrogens is 1. The summed E-state index contributed by atoms with van der Waals surface area (Å²) >= 11 is 13.6. The zero-order chi connectivity index (χ0) is 17.8. The van der Waals surface area contributed by atoms with Gasteiger partial charge in [0.25, 0.3) is 5.91 Å². The number of amides is 1. The molecular weight excluding hydrogens is 375 g/mol. The van der Waals surface area contributed by atoms with Crippen LogP contribution in [0.15, 0.2) is 47.8 Å². The molecule has 25 heavy (non-hydrogen) atoms. The summed E-state index contributed by atoms with van der Waals surface area (Å²) in [6, 6.07) is 13.3. The maximum atomic E-state index is 12.2. The summed E-state index contributed by atoms with van der Waals surface area (Å²) < 4.78 is 0. The molecule has 128 valence electrons. The molecule has 1 N–H and O–H groups in total. The molecule has 2 aromatic carbocycles. The Balaban J connectivity index is 1.57. The molecule has 1 amide bonds. The summed E-state index contributed by atoms with van der Waals surface area (Å²) in [7, 11) is 0. The number of nitrogens with one attached hydrogen (secondary N) is 1. The Kier molecular flexibility index (Phi) is 5.74. The Morgan fingerprint density at radius 1 is 1.16 bits per heavy atom. The van der Waals surface area contributed by atoms with Crippen molar-refractivity contribution in [1.29, 1.82) is 0 Å². The van der Waals surface area contributed by atoms with E-state index in [1.165, 1.54) is 0 Å².